The average molecular weight is 215 g/mol. The Bertz CT molecular complexity index is 175. The van der Waals surface area contributed by atoms with Gasteiger partial charge >= 0.3 is 29.6 Å². The molecule has 1 aromatic heterocycles. The van der Waals surface area contributed by atoms with E-state index < -0.39 is 0 Å². The van der Waals surface area contributed by atoms with E-state index >= 15 is 0 Å². The Balaban J connectivity index is 0.000000640. The second kappa shape index (κ2) is 4.68. The van der Waals surface area contributed by atoms with Crippen LogP contribution in [-0.4, -0.2) is 39.5 Å². The fourth-order valence-electron chi connectivity index (χ4n) is 0.314. The Morgan fingerprint density at radius 1 is 1.33 bits per heavy atom. The van der Waals surface area contributed by atoms with Crippen molar-refractivity contribution in [2.24, 2.45) is 0 Å². The summed E-state index contributed by atoms with van der Waals surface area (Å²) in [6, 6.07) is 0. The molecule has 1 aromatic rings. The van der Waals surface area contributed by atoms with E-state index in [-0.39, 0.29) is 29.6 Å². The molecular weight excluding hydrogens is 211 g/mol. The van der Waals surface area contributed by atoms with Gasteiger partial charge in [0.15, 0.2) is 0 Å². The van der Waals surface area contributed by atoms with Gasteiger partial charge in [-0.3, -0.25) is 0 Å². The molecule has 0 unspecified atom stereocenters. The summed E-state index contributed by atoms with van der Waals surface area (Å²) in [4.78, 5) is 7.69. The van der Waals surface area contributed by atoms with Gasteiger partial charge in [-0.15, -0.1) is 12.6 Å². The zero-order valence-electron chi connectivity index (χ0n) is 3.87. The van der Waals surface area contributed by atoms with E-state index in [0.29, 0.717) is 9.63 Å². The molecule has 0 aliphatic carbocycles. The summed E-state index contributed by atoms with van der Waals surface area (Å²) >= 11 is 7.12. The first-order chi connectivity index (χ1) is 3.80. The molecule has 0 N–H and O–H groups in total. The topological polar surface area (TPSA) is 25.8 Å². The molecule has 5 heteroatoms. The first-order valence-corrected chi connectivity index (χ1v) is 3.20. The molecule has 1 heterocycles. The zero-order chi connectivity index (χ0) is 5.98. The molecule has 0 amide bonds. The third kappa shape index (κ3) is 3.00. The summed E-state index contributed by atoms with van der Waals surface area (Å²) in [5, 5.41) is 0.618. The molecule has 0 saturated heterocycles. The van der Waals surface area contributed by atoms with Crippen molar-refractivity contribution in [1.29, 1.82) is 0 Å². The van der Waals surface area contributed by atoms with Crippen LogP contribution in [-0.2, 0) is 0 Å². The van der Waals surface area contributed by atoms with Gasteiger partial charge in [0.25, 0.3) is 0 Å². The van der Waals surface area contributed by atoms with Gasteiger partial charge in [-0.25, -0.2) is 9.97 Å². The van der Waals surface area contributed by atoms with Crippen LogP contribution in [0.2, 0.25) is 0 Å². The van der Waals surface area contributed by atoms with Crippen LogP contribution in [0.1, 0.15) is 0 Å². The van der Waals surface area contributed by atoms with Crippen LogP contribution in [0.25, 0.3) is 0 Å². The van der Waals surface area contributed by atoms with E-state index in [9.17, 15) is 0 Å². The number of halogens is 1. The maximum absolute atomic E-state index is 3.98. The Morgan fingerprint density at radius 3 is 2.22 bits per heavy atom. The number of thiol groups is 1. The number of hydrogen-bond acceptors (Lipinski definition) is 3. The van der Waals surface area contributed by atoms with Crippen LogP contribution in [0.3, 0.4) is 0 Å². The van der Waals surface area contributed by atoms with Crippen molar-refractivity contribution in [3.05, 3.63) is 17.0 Å². The molecule has 2 nitrogen and oxygen atoms in total. The minimum absolute atomic E-state index is 0. The summed E-state index contributed by atoms with van der Waals surface area (Å²) < 4.78 is 0.684. The average Bonchev–Trinajstić information content (AvgIpc) is 1.77. The van der Waals surface area contributed by atoms with Crippen LogP contribution in [0.15, 0.2) is 22.0 Å². The van der Waals surface area contributed by atoms with Crippen molar-refractivity contribution in [2.75, 3.05) is 0 Å². The summed E-state index contributed by atoms with van der Waals surface area (Å²) in [5.74, 6) is 0. The van der Waals surface area contributed by atoms with Crippen LogP contribution < -0.4 is 0 Å². The van der Waals surface area contributed by atoms with Crippen LogP contribution in [0.5, 0.6) is 0 Å². The maximum atomic E-state index is 3.98. The molecule has 1 rings (SSSR count). The minimum atomic E-state index is 0. The van der Waals surface area contributed by atoms with Gasteiger partial charge in [0, 0.05) is 12.4 Å². The second-order valence-corrected chi connectivity index (χ2v) is 2.35. The number of nitrogens with zero attached hydrogens (tertiary/aromatic N) is 2. The van der Waals surface area contributed by atoms with E-state index in [1.54, 1.807) is 12.4 Å². The fourth-order valence-corrected chi connectivity index (χ4v) is 0.659. The molecule has 9 heavy (non-hydrogen) atoms. The number of hydrogen-bond donors (Lipinski definition) is 1. The molecule has 0 radical (unpaired) electrons. The van der Waals surface area contributed by atoms with E-state index in [1.807, 2.05) is 0 Å². The normalized spacial score (nSPS) is 8.22. The Labute approximate surface area is 89.3 Å². The first kappa shape index (κ1) is 9.91. The quantitative estimate of drug-likeness (QED) is 0.513. The van der Waals surface area contributed by atoms with E-state index in [0.717, 1.165) is 0 Å². The molecule has 0 atom stereocenters. The predicted octanol–water partition coefficient (Wildman–Crippen LogP) is 0.879. The molecular formula is C4H4BrN2NaS. The SMILES string of the molecule is Sc1nccnc1Br.[NaH]. The Morgan fingerprint density at radius 2 is 1.89 bits per heavy atom. The Hall–Kier alpha value is 0.910. The van der Waals surface area contributed by atoms with Gasteiger partial charge in [-0.2, -0.15) is 0 Å². The van der Waals surface area contributed by atoms with Crippen molar-refractivity contribution in [1.82, 2.24) is 9.97 Å². The van der Waals surface area contributed by atoms with Gasteiger partial charge in [0.2, 0.25) is 0 Å². The van der Waals surface area contributed by atoms with Crippen LogP contribution >= 0.6 is 28.6 Å². The first-order valence-electron chi connectivity index (χ1n) is 1.96. The molecule has 0 bridgehead atoms. The van der Waals surface area contributed by atoms with Crippen molar-refractivity contribution < 1.29 is 0 Å². The monoisotopic (exact) mass is 214 g/mol. The second-order valence-electron chi connectivity index (χ2n) is 1.17. The summed E-state index contributed by atoms with van der Waals surface area (Å²) in [7, 11) is 0. The predicted molar refractivity (Wildman–Crippen MR) is 44.1 cm³/mol. The summed E-state index contributed by atoms with van der Waals surface area (Å²) in [6.45, 7) is 0. The molecule has 0 aromatic carbocycles. The van der Waals surface area contributed by atoms with Gasteiger partial charge in [-0.05, 0) is 15.9 Å². The fraction of sp³-hybridized carbons (Fsp3) is 0. The summed E-state index contributed by atoms with van der Waals surface area (Å²) in [5.41, 5.74) is 0. The van der Waals surface area contributed by atoms with Gasteiger partial charge in [0.1, 0.15) is 9.63 Å². The molecule has 0 spiro atoms. The van der Waals surface area contributed by atoms with Crippen LogP contribution in [0, 0.1) is 0 Å². The van der Waals surface area contributed by atoms with E-state index in [1.165, 1.54) is 0 Å². The van der Waals surface area contributed by atoms with Gasteiger partial charge in [-0.1, -0.05) is 0 Å². The van der Waals surface area contributed by atoms with E-state index in [4.69, 9.17) is 0 Å². The van der Waals surface area contributed by atoms with Crippen molar-refractivity contribution in [3.63, 3.8) is 0 Å². The summed E-state index contributed by atoms with van der Waals surface area (Å²) in [6.07, 6.45) is 3.19. The van der Waals surface area contributed by atoms with Gasteiger partial charge in [0.05, 0.1) is 0 Å². The number of aromatic nitrogens is 2. The third-order valence-electron chi connectivity index (χ3n) is 0.636. The zero-order valence-corrected chi connectivity index (χ0v) is 6.35. The molecule has 0 aliphatic heterocycles. The van der Waals surface area contributed by atoms with Gasteiger partial charge < -0.3 is 0 Å². The molecule has 0 aliphatic rings. The molecule has 44 valence electrons. The van der Waals surface area contributed by atoms with Crippen LogP contribution in [0.4, 0.5) is 0 Å². The Kier molecular flexibility index (Phi) is 5.16. The molecule has 0 saturated carbocycles. The number of rotatable bonds is 0. The van der Waals surface area contributed by atoms with Crippen molar-refractivity contribution in [3.8, 4) is 0 Å². The third-order valence-corrected chi connectivity index (χ3v) is 1.85. The molecule has 0 fully saturated rings. The standard InChI is InChI=1S/C4H3BrN2S.Na.H/c5-3-4(8)7-2-1-6-3;;/h1-2H,(H,7,8);;. The van der Waals surface area contributed by atoms with Crippen molar-refractivity contribution >= 4 is 58.1 Å². The van der Waals surface area contributed by atoms with Crippen molar-refractivity contribution in [2.45, 2.75) is 5.03 Å². The van der Waals surface area contributed by atoms with E-state index in [2.05, 4.69) is 38.5 Å².